The van der Waals surface area contributed by atoms with Crippen molar-refractivity contribution in [3.63, 3.8) is 0 Å². The Balaban J connectivity index is 2.45. The topological polar surface area (TPSA) is 103 Å². The van der Waals surface area contributed by atoms with Crippen molar-refractivity contribution in [3.8, 4) is 5.75 Å². The number of aromatic nitrogens is 1. The Bertz CT molecular complexity index is 455. The smallest absolute Gasteiger partial charge is 0.381 e. The van der Waals surface area contributed by atoms with E-state index in [4.69, 9.17) is 9.84 Å². The maximum absolute atomic E-state index is 10.9. The molecule has 1 saturated carbocycles. The minimum absolute atomic E-state index is 0.0108. The summed E-state index contributed by atoms with van der Waals surface area (Å²) in [6.07, 6.45) is 2.83. The molecule has 0 bridgehead atoms. The summed E-state index contributed by atoms with van der Waals surface area (Å²) in [5.74, 6) is -2.09. The molecule has 0 aliphatic heterocycles. The van der Waals surface area contributed by atoms with E-state index < -0.39 is 22.3 Å². The number of ether oxygens (including phenoxy) is 1. The van der Waals surface area contributed by atoms with Crippen LogP contribution in [-0.2, 0) is 0 Å². The van der Waals surface area contributed by atoms with E-state index in [0.29, 0.717) is 0 Å². The lowest BCUT2D eigenvalue weighted by molar-refractivity contribution is -0.389. The van der Waals surface area contributed by atoms with Crippen molar-refractivity contribution in [2.24, 2.45) is 0 Å². The van der Waals surface area contributed by atoms with Crippen LogP contribution < -0.4 is 4.74 Å². The molecule has 1 aromatic heterocycles. The minimum Gasteiger partial charge on any atom is -0.489 e. The second kappa shape index (κ2) is 3.76. The van der Waals surface area contributed by atoms with E-state index in [-0.39, 0.29) is 11.9 Å². The summed E-state index contributed by atoms with van der Waals surface area (Å²) < 4.78 is 5.28. The molecule has 84 valence electrons. The Hall–Kier alpha value is -2.18. The summed E-state index contributed by atoms with van der Waals surface area (Å²) >= 11 is 0. The van der Waals surface area contributed by atoms with Gasteiger partial charge in [0.15, 0.2) is 5.56 Å². The van der Waals surface area contributed by atoms with Crippen LogP contribution in [0.1, 0.15) is 23.2 Å². The molecule has 2 rings (SSSR count). The van der Waals surface area contributed by atoms with Crippen LogP contribution in [0.15, 0.2) is 12.3 Å². The third kappa shape index (κ3) is 1.92. The van der Waals surface area contributed by atoms with Crippen molar-refractivity contribution in [1.29, 1.82) is 0 Å². The van der Waals surface area contributed by atoms with Gasteiger partial charge in [-0.15, -0.1) is 0 Å². The van der Waals surface area contributed by atoms with Crippen LogP contribution in [-0.4, -0.2) is 27.1 Å². The highest BCUT2D eigenvalue weighted by molar-refractivity contribution is 5.94. The first-order valence-electron chi connectivity index (χ1n) is 4.63. The van der Waals surface area contributed by atoms with Gasteiger partial charge in [0.25, 0.3) is 0 Å². The number of nitro groups is 1. The summed E-state index contributed by atoms with van der Waals surface area (Å²) in [6.45, 7) is 0. The third-order valence-corrected chi connectivity index (χ3v) is 2.10. The van der Waals surface area contributed by atoms with Crippen molar-refractivity contribution in [2.75, 3.05) is 0 Å². The fraction of sp³-hybridized carbons (Fsp3) is 0.333. The van der Waals surface area contributed by atoms with Gasteiger partial charge in [0.2, 0.25) is 0 Å². The zero-order chi connectivity index (χ0) is 11.7. The number of hydrogen-bond donors (Lipinski definition) is 1. The summed E-state index contributed by atoms with van der Waals surface area (Å²) in [5.41, 5.74) is -0.487. The summed E-state index contributed by atoms with van der Waals surface area (Å²) in [7, 11) is 0. The number of nitrogens with zero attached hydrogens (tertiary/aromatic N) is 2. The molecule has 0 radical (unpaired) electrons. The van der Waals surface area contributed by atoms with Crippen LogP contribution in [0, 0.1) is 10.1 Å². The number of carboxylic acids is 1. The molecule has 0 atom stereocenters. The maximum Gasteiger partial charge on any atom is 0.381 e. The molecule has 0 aromatic carbocycles. The first-order chi connectivity index (χ1) is 7.59. The van der Waals surface area contributed by atoms with Crippen LogP contribution in [0.4, 0.5) is 5.82 Å². The predicted octanol–water partition coefficient (Wildman–Crippen LogP) is 1.23. The molecule has 1 fully saturated rings. The number of carbonyl (C=O) groups is 1. The first-order valence-corrected chi connectivity index (χ1v) is 4.63. The van der Waals surface area contributed by atoms with Crippen molar-refractivity contribution in [3.05, 3.63) is 27.9 Å². The maximum atomic E-state index is 10.9. The van der Waals surface area contributed by atoms with E-state index in [1.807, 2.05) is 0 Å². The molecule has 0 amide bonds. The van der Waals surface area contributed by atoms with Gasteiger partial charge < -0.3 is 20.0 Å². The van der Waals surface area contributed by atoms with Gasteiger partial charge in [0.1, 0.15) is 11.9 Å². The summed E-state index contributed by atoms with van der Waals surface area (Å²) in [5, 5.41) is 19.5. The van der Waals surface area contributed by atoms with E-state index >= 15 is 0 Å². The second-order valence-electron chi connectivity index (χ2n) is 3.39. The van der Waals surface area contributed by atoms with Gasteiger partial charge in [0.05, 0.1) is 6.10 Å². The first kappa shape index (κ1) is 10.3. The molecule has 1 N–H and O–H groups in total. The number of carboxylic acid groups (broad SMARTS) is 1. The SMILES string of the molecule is O=C(O)c1c(OC2CC2)ccnc1[N+](=O)[O-]. The Kier molecular flexibility index (Phi) is 2.43. The second-order valence-corrected chi connectivity index (χ2v) is 3.39. The molecule has 7 heteroatoms. The Morgan fingerprint density at radius 2 is 2.31 bits per heavy atom. The number of rotatable bonds is 4. The normalized spacial score (nSPS) is 14.5. The fourth-order valence-corrected chi connectivity index (χ4v) is 1.24. The highest BCUT2D eigenvalue weighted by Crippen LogP contribution is 2.32. The van der Waals surface area contributed by atoms with E-state index in [1.165, 1.54) is 12.3 Å². The van der Waals surface area contributed by atoms with Gasteiger partial charge in [-0.3, -0.25) is 0 Å². The van der Waals surface area contributed by atoms with Crippen molar-refractivity contribution >= 4 is 11.8 Å². The monoisotopic (exact) mass is 224 g/mol. The van der Waals surface area contributed by atoms with Crippen LogP contribution >= 0.6 is 0 Å². The molecule has 0 spiro atoms. The van der Waals surface area contributed by atoms with Crippen LogP contribution in [0.3, 0.4) is 0 Å². The zero-order valence-corrected chi connectivity index (χ0v) is 8.12. The van der Waals surface area contributed by atoms with Gasteiger partial charge in [-0.2, -0.15) is 0 Å². The number of hydrogen-bond acceptors (Lipinski definition) is 5. The predicted molar refractivity (Wildman–Crippen MR) is 51.5 cm³/mol. The summed E-state index contributed by atoms with van der Waals surface area (Å²) in [6, 6.07) is 1.33. The van der Waals surface area contributed by atoms with Crippen LogP contribution in [0.5, 0.6) is 5.75 Å². The third-order valence-electron chi connectivity index (χ3n) is 2.10. The molecule has 0 saturated heterocycles. The highest BCUT2D eigenvalue weighted by atomic mass is 16.6. The fourth-order valence-electron chi connectivity index (χ4n) is 1.24. The Labute approximate surface area is 89.8 Å². The number of aromatic carboxylic acids is 1. The van der Waals surface area contributed by atoms with E-state index in [0.717, 1.165) is 12.8 Å². The molecule has 1 aromatic rings. The molecular weight excluding hydrogens is 216 g/mol. The van der Waals surface area contributed by atoms with E-state index in [1.54, 1.807) is 0 Å². The Morgan fingerprint density at radius 3 is 2.81 bits per heavy atom. The molecule has 16 heavy (non-hydrogen) atoms. The van der Waals surface area contributed by atoms with Gasteiger partial charge in [-0.1, -0.05) is 0 Å². The minimum atomic E-state index is -1.41. The van der Waals surface area contributed by atoms with Crippen molar-refractivity contribution < 1.29 is 19.6 Å². The van der Waals surface area contributed by atoms with Crippen LogP contribution in [0.2, 0.25) is 0 Å². The van der Waals surface area contributed by atoms with Gasteiger partial charge in [0, 0.05) is 6.07 Å². The average Bonchev–Trinajstić information content (AvgIpc) is 3.00. The van der Waals surface area contributed by atoms with E-state index in [9.17, 15) is 14.9 Å². The van der Waals surface area contributed by atoms with Gasteiger partial charge in [-0.05, 0) is 22.7 Å². The molecule has 1 aliphatic carbocycles. The van der Waals surface area contributed by atoms with E-state index in [2.05, 4.69) is 4.98 Å². The van der Waals surface area contributed by atoms with Gasteiger partial charge >= 0.3 is 11.8 Å². The molecule has 0 unspecified atom stereocenters. The van der Waals surface area contributed by atoms with Crippen molar-refractivity contribution in [2.45, 2.75) is 18.9 Å². The molecule has 1 aliphatic rings. The molecular formula is C9H8N2O5. The lowest BCUT2D eigenvalue weighted by Gasteiger charge is -2.06. The standard InChI is InChI=1S/C9H8N2O5/c12-9(13)7-6(16-5-1-2-5)3-4-10-8(7)11(14)15/h3-5H,1-2H2,(H,12,13). The number of pyridine rings is 1. The van der Waals surface area contributed by atoms with Crippen LogP contribution in [0.25, 0.3) is 0 Å². The largest absolute Gasteiger partial charge is 0.489 e. The average molecular weight is 224 g/mol. The highest BCUT2D eigenvalue weighted by Gasteiger charge is 2.31. The van der Waals surface area contributed by atoms with Gasteiger partial charge in [-0.25, -0.2) is 4.79 Å². The quantitative estimate of drug-likeness (QED) is 0.609. The summed E-state index contributed by atoms with van der Waals surface area (Å²) in [4.78, 5) is 24.1. The molecule has 1 heterocycles. The van der Waals surface area contributed by atoms with Crippen molar-refractivity contribution in [1.82, 2.24) is 4.98 Å². The zero-order valence-electron chi connectivity index (χ0n) is 8.12. The molecule has 7 nitrogen and oxygen atoms in total. The lowest BCUT2D eigenvalue weighted by Crippen LogP contribution is -2.09. The Morgan fingerprint density at radius 1 is 1.62 bits per heavy atom. The lowest BCUT2D eigenvalue weighted by atomic mass is 10.2.